The summed E-state index contributed by atoms with van der Waals surface area (Å²) in [5.74, 6) is -1.84. The van der Waals surface area contributed by atoms with E-state index >= 15 is 0 Å². The van der Waals surface area contributed by atoms with E-state index in [2.05, 4.69) is 20.1 Å². The Morgan fingerprint density at radius 1 is 1.21 bits per heavy atom. The molecule has 3 aliphatic heterocycles. The Morgan fingerprint density at radius 2 is 1.92 bits per heavy atom. The lowest BCUT2D eigenvalue weighted by atomic mass is 9.66. The maximum atomic E-state index is 14.6. The molecular weight excluding hydrogens is 500 g/mol. The minimum Gasteiger partial charge on any atom is -0.465 e. The van der Waals surface area contributed by atoms with E-state index in [1.165, 1.54) is 6.42 Å². The highest BCUT2D eigenvalue weighted by Crippen LogP contribution is 2.72. The summed E-state index contributed by atoms with van der Waals surface area (Å²) in [6.45, 7) is 14.2. The molecule has 7 nitrogen and oxygen atoms in total. The molecule has 3 saturated heterocycles. The Balaban J connectivity index is 1.74. The number of hydrogen-bond donors (Lipinski definition) is 1. The molecule has 4 aliphatic rings. The summed E-state index contributed by atoms with van der Waals surface area (Å²) in [5.41, 5.74) is 0. The Morgan fingerprint density at radius 3 is 2.53 bits per heavy atom. The predicted octanol–water partition coefficient (Wildman–Crippen LogP) is 4.34. The summed E-state index contributed by atoms with van der Waals surface area (Å²) in [7, 11) is 0. The van der Waals surface area contributed by atoms with Gasteiger partial charge in [0.25, 0.3) is 0 Å². The summed E-state index contributed by atoms with van der Waals surface area (Å²) in [6, 6.07) is -1.09. The minimum atomic E-state index is -0.716. The van der Waals surface area contributed by atoms with Crippen molar-refractivity contribution in [2.45, 2.75) is 106 Å². The van der Waals surface area contributed by atoms with E-state index in [1.807, 2.05) is 18.7 Å². The third kappa shape index (κ3) is 4.85. The van der Waals surface area contributed by atoms with Gasteiger partial charge in [-0.15, -0.1) is 24.9 Å². The van der Waals surface area contributed by atoms with Crippen LogP contribution >= 0.6 is 11.8 Å². The molecule has 4 rings (SSSR count). The normalized spacial score (nSPS) is 33.3. The van der Waals surface area contributed by atoms with E-state index in [0.717, 1.165) is 38.5 Å². The van der Waals surface area contributed by atoms with Gasteiger partial charge in [0.1, 0.15) is 6.04 Å². The van der Waals surface area contributed by atoms with Crippen LogP contribution in [0.4, 0.5) is 0 Å². The van der Waals surface area contributed by atoms with E-state index in [0.29, 0.717) is 26.0 Å². The number of aliphatic hydroxyl groups is 1. The third-order valence-electron chi connectivity index (χ3n) is 9.44. The van der Waals surface area contributed by atoms with E-state index < -0.39 is 33.4 Å². The first-order valence-electron chi connectivity index (χ1n) is 14.5. The molecule has 3 heterocycles. The molecule has 1 aliphatic carbocycles. The molecule has 2 unspecified atom stereocenters. The molecule has 0 radical (unpaired) electrons. The lowest BCUT2D eigenvalue weighted by Gasteiger charge is -2.43. The van der Waals surface area contributed by atoms with E-state index in [-0.39, 0.29) is 36.4 Å². The Bertz CT molecular complexity index is 934. The third-order valence-corrected chi connectivity index (χ3v) is 11.4. The SMILES string of the molecule is C=CCCCOC(=O)[C@@H]1[C@H]2C(=O)N([C@@H](CO)C(C)C)C(C(=O)N(CC=C)C3CCCCC3)C23CC[C@@]1(C)S3. The highest BCUT2D eigenvalue weighted by molar-refractivity contribution is 8.02. The fraction of sp³-hybridized carbons (Fsp3) is 0.767. The second-order valence-electron chi connectivity index (χ2n) is 12.1. The molecule has 8 heteroatoms. The number of rotatable bonds is 12. The molecule has 38 heavy (non-hydrogen) atoms. The van der Waals surface area contributed by atoms with Gasteiger partial charge in [0.15, 0.2) is 0 Å². The van der Waals surface area contributed by atoms with Gasteiger partial charge in [-0.1, -0.05) is 45.3 Å². The molecule has 212 valence electrons. The van der Waals surface area contributed by atoms with E-state index in [9.17, 15) is 19.5 Å². The number of esters is 1. The Hall–Kier alpha value is -1.80. The molecule has 2 amide bonds. The number of aliphatic hydroxyl groups excluding tert-OH is 1. The summed E-state index contributed by atoms with van der Waals surface area (Å²) < 4.78 is 4.56. The lowest BCUT2D eigenvalue weighted by Crippen LogP contribution is -2.60. The standard InChI is InChI=1S/C30H46N2O5S/c1-6-8-12-18-37-28(36)24-23-26(34)32(22(19-33)20(3)4)25(30(23)16-15-29(24,5)38-30)27(35)31(17-7-2)21-13-10-9-11-14-21/h6-7,20-25,33H,1-2,8-19H2,3-5H3/t22-,23-,24-,25?,29+,30?/m0/s1. The van der Waals surface area contributed by atoms with Crippen molar-refractivity contribution < 1.29 is 24.2 Å². The number of likely N-dealkylation sites (tertiary alicyclic amines) is 1. The molecule has 6 atom stereocenters. The second-order valence-corrected chi connectivity index (χ2v) is 14.0. The Labute approximate surface area is 232 Å². The molecule has 2 bridgehead atoms. The van der Waals surface area contributed by atoms with Gasteiger partial charge in [-0.3, -0.25) is 14.4 Å². The molecule has 4 fully saturated rings. The number of carbonyl (C=O) groups excluding carboxylic acids is 3. The number of hydrogen-bond acceptors (Lipinski definition) is 6. The number of ether oxygens (including phenoxy) is 1. The average Bonchev–Trinajstić information content (AvgIpc) is 3.46. The number of unbranched alkanes of at least 4 members (excludes halogenated alkanes) is 1. The van der Waals surface area contributed by atoms with Crippen LogP contribution in [0.2, 0.25) is 0 Å². The monoisotopic (exact) mass is 546 g/mol. The van der Waals surface area contributed by atoms with Crippen molar-refractivity contribution in [1.82, 2.24) is 9.80 Å². The number of nitrogens with zero attached hydrogens (tertiary/aromatic N) is 2. The van der Waals surface area contributed by atoms with Crippen molar-refractivity contribution in [3.63, 3.8) is 0 Å². The van der Waals surface area contributed by atoms with Crippen LogP contribution in [0.3, 0.4) is 0 Å². The first-order chi connectivity index (χ1) is 18.2. The van der Waals surface area contributed by atoms with Gasteiger partial charge in [0, 0.05) is 17.3 Å². The molecule has 1 N–H and O–H groups in total. The van der Waals surface area contributed by atoms with Gasteiger partial charge in [-0.25, -0.2) is 0 Å². The summed E-state index contributed by atoms with van der Waals surface area (Å²) >= 11 is 1.66. The fourth-order valence-corrected chi connectivity index (χ4v) is 9.90. The van der Waals surface area contributed by atoms with Crippen molar-refractivity contribution in [2.75, 3.05) is 19.8 Å². The maximum Gasteiger partial charge on any atom is 0.311 e. The first-order valence-corrected chi connectivity index (χ1v) is 15.3. The lowest BCUT2D eigenvalue weighted by molar-refractivity contribution is -0.156. The van der Waals surface area contributed by atoms with Crippen molar-refractivity contribution in [1.29, 1.82) is 0 Å². The van der Waals surface area contributed by atoms with Gasteiger partial charge in [-0.2, -0.15) is 0 Å². The molecule has 1 saturated carbocycles. The summed E-state index contributed by atoms with van der Waals surface area (Å²) in [5, 5.41) is 10.4. The van der Waals surface area contributed by atoms with E-state index in [1.54, 1.807) is 28.8 Å². The number of carbonyl (C=O) groups is 3. The van der Waals surface area contributed by atoms with Crippen molar-refractivity contribution in [3.05, 3.63) is 25.3 Å². The van der Waals surface area contributed by atoms with Crippen LogP contribution in [0.5, 0.6) is 0 Å². The number of thioether (sulfide) groups is 1. The molecular formula is C30H46N2O5S. The van der Waals surface area contributed by atoms with Crippen molar-refractivity contribution in [3.8, 4) is 0 Å². The zero-order valence-electron chi connectivity index (χ0n) is 23.4. The van der Waals surface area contributed by atoms with Crippen LogP contribution in [0.1, 0.15) is 78.6 Å². The van der Waals surface area contributed by atoms with Gasteiger partial charge in [0.05, 0.1) is 35.8 Å². The van der Waals surface area contributed by atoms with Gasteiger partial charge in [0.2, 0.25) is 11.8 Å². The maximum absolute atomic E-state index is 14.6. The first kappa shape index (κ1) is 29.2. The van der Waals surface area contributed by atoms with Gasteiger partial charge >= 0.3 is 5.97 Å². The Kier molecular flexibility index (Phi) is 9.02. The van der Waals surface area contributed by atoms with Crippen LogP contribution in [0.15, 0.2) is 25.3 Å². The number of amides is 2. The largest absolute Gasteiger partial charge is 0.465 e. The quantitative estimate of drug-likeness (QED) is 0.223. The summed E-state index contributed by atoms with van der Waals surface area (Å²) in [6.07, 6.45) is 11.7. The van der Waals surface area contributed by atoms with Crippen LogP contribution in [-0.4, -0.2) is 80.1 Å². The van der Waals surface area contributed by atoms with Crippen LogP contribution < -0.4 is 0 Å². The summed E-state index contributed by atoms with van der Waals surface area (Å²) in [4.78, 5) is 46.2. The van der Waals surface area contributed by atoms with Crippen molar-refractivity contribution >= 4 is 29.5 Å². The van der Waals surface area contributed by atoms with Crippen LogP contribution in [0, 0.1) is 17.8 Å². The molecule has 0 aromatic rings. The van der Waals surface area contributed by atoms with Gasteiger partial charge in [-0.05, 0) is 51.4 Å². The molecule has 1 spiro atoms. The highest BCUT2D eigenvalue weighted by atomic mass is 32.2. The second kappa shape index (κ2) is 11.7. The van der Waals surface area contributed by atoms with E-state index in [4.69, 9.17) is 4.74 Å². The topological polar surface area (TPSA) is 87.1 Å². The zero-order chi connectivity index (χ0) is 27.7. The number of allylic oxidation sites excluding steroid dienone is 1. The fourth-order valence-electron chi connectivity index (χ4n) is 7.58. The number of fused-ring (bicyclic) bond motifs is 1. The van der Waals surface area contributed by atoms with Gasteiger partial charge < -0.3 is 19.6 Å². The average molecular weight is 547 g/mol. The predicted molar refractivity (Wildman–Crippen MR) is 150 cm³/mol. The zero-order valence-corrected chi connectivity index (χ0v) is 24.2. The van der Waals surface area contributed by atoms with Crippen molar-refractivity contribution in [2.24, 2.45) is 17.8 Å². The smallest absolute Gasteiger partial charge is 0.311 e. The minimum absolute atomic E-state index is 0.0425. The highest BCUT2D eigenvalue weighted by Gasteiger charge is 2.78. The molecule has 0 aromatic carbocycles. The van der Waals surface area contributed by atoms with Crippen LogP contribution in [0.25, 0.3) is 0 Å². The van der Waals surface area contributed by atoms with Crippen LogP contribution in [-0.2, 0) is 19.1 Å². The molecule has 0 aromatic heterocycles.